The van der Waals surface area contributed by atoms with Crippen LogP contribution in [0.25, 0.3) is 0 Å². The van der Waals surface area contributed by atoms with Crippen molar-refractivity contribution in [3.8, 4) is 5.75 Å². The summed E-state index contributed by atoms with van der Waals surface area (Å²) in [6, 6.07) is 6.62. The number of hydrogen-bond acceptors (Lipinski definition) is 3. The zero-order valence-corrected chi connectivity index (χ0v) is 10.1. The highest BCUT2D eigenvalue weighted by Gasteiger charge is 2.29. The van der Waals surface area contributed by atoms with E-state index >= 15 is 0 Å². The number of nitrogens with one attached hydrogen (secondary N) is 1. The van der Waals surface area contributed by atoms with E-state index in [0.717, 1.165) is 0 Å². The molecule has 16 heavy (non-hydrogen) atoms. The summed E-state index contributed by atoms with van der Waals surface area (Å²) in [5.74, 6) is 0.0972. The number of rotatable bonds is 3. The zero-order chi connectivity index (χ0) is 12.3. The molecule has 1 aromatic rings. The van der Waals surface area contributed by atoms with Crippen molar-refractivity contribution in [1.29, 1.82) is 0 Å². The molecule has 0 aliphatic heterocycles. The van der Waals surface area contributed by atoms with E-state index in [4.69, 9.17) is 0 Å². The molecule has 0 bridgehead atoms. The molecule has 2 N–H and O–H groups in total. The Bertz CT molecular complexity index is 388. The van der Waals surface area contributed by atoms with Crippen molar-refractivity contribution < 1.29 is 9.90 Å². The average molecular weight is 222 g/mol. The standard InChI is InChI=1S/C12H18N2O2/c1-12(2,13-3)11(16)14(4)9-6-5-7-10(15)8-9/h5-8,13,15H,1-4H3. The van der Waals surface area contributed by atoms with E-state index in [1.54, 1.807) is 38.4 Å². The third-order valence-electron chi connectivity index (χ3n) is 2.68. The number of phenols is 1. The van der Waals surface area contributed by atoms with Gasteiger partial charge in [-0.15, -0.1) is 0 Å². The number of anilines is 1. The molecular formula is C12H18N2O2. The summed E-state index contributed by atoms with van der Waals surface area (Å²) in [4.78, 5) is 13.6. The average Bonchev–Trinajstić information content (AvgIpc) is 2.27. The summed E-state index contributed by atoms with van der Waals surface area (Å²) >= 11 is 0. The van der Waals surface area contributed by atoms with Gasteiger partial charge in [0, 0.05) is 18.8 Å². The molecule has 0 aliphatic carbocycles. The minimum Gasteiger partial charge on any atom is -0.508 e. The first kappa shape index (κ1) is 12.5. The molecule has 4 nitrogen and oxygen atoms in total. The van der Waals surface area contributed by atoms with E-state index in [1.165, 1.54) is 4.90 Å². The van der Waals surface area contributed by atoms with Crippen LogP contribution in [-0.4, -0.2) is 30.6 Å². The maximum Gasteiger partial charge on any atom is 0.246 e. The van der Waals surface area contributed by atoms with Gasteiger partial charge >= 0.3 is 0 Å². The molecule has 0 saturated carbocycles. The minimum absolute atomic E-state index is 0.0550. The van der Waals surface area contributed by atoms with Crippen molar-refractivity contribution in [2.45, 2.75) is 19.4 Å². The monoisotopic (exact) mass is 222 g/mol. The van der Waals surface area contributed by atoms with Gasteiger partial charge in [-0.3, -0.25) is 4.79 Å². The number of amides is 1. The Morgan fingerprint density at radius 1 is 1.44 bits per heavy atom. The van der Waals surface area contributed by atoms with Crippen LogP contribution < -0.4 is 10.2 Å². The van der Waals surface area contributed by atoms with Gasteiger partial charge in [-0.05, 0) is 33.0 Å². The van der Waals surface area contributed by atoms with Gasteiger partial charge in [0.25, 0.3) is 0 Å². The topological polar surface area (TPSA) is 52.6 Å². The van der Waals surface area contributed by atoms with Crippen LogP contribution >= 0.6 is 0 Å². The lowest BCUT2D eigenvalue weighted by molar-refractivity contribution is -0.123. The van der Waals surface area contributed by atoms with E-state index in [9.17, 15) is 9.90 Å². The fraction of sp³-hybridized carbons (Fsp3) is 0.417. The van der Waals surface area contributed by atoms with Crippen LogP contribution in [0.1, 0.15) is 13.8 Å². The number of aromatic hydroxyl groups is 1. The van der Waals surface area contributed by atoms with Crippen LogP contribution in [0.15, 0.2) is 24.3 Å². The van der Waals surface area contributed by atoms with Crippen molar-refractivity contribution in [3.05, 3.63) is 24.3 Å². The van der Waals surface area contributed by atoms with E-state index < -0.39 is 5.54 Å². The van der Waals surface area contributed by atoms with Crippen LogP contribution in [0, 0.1) is 0 Å². The second-order valence-corrected chi connectivity index (χ2v) is 4.26. The Morgan fingerprint density at radius 2 is 2.06 bits per heavy atom. The number of nitrogens with zero attached hydrogens (tertiary/aromatic N) is 1. The number of benzene rings is 1. The SMILES string of the molecule is CNC(C)(C)C(=O)N(C)c1cccc(O)c1. The van der Waals surface area contributed by atoms with Crippen molar-refractivity contribution >= 4 is 11.6 Å². The third kappa shape index (κ3) is 2.52. The zero-order valence-electron chi connectivity index (χ0n) is 10.1. The lowest BCUT2D eigenvalue weighted by Gasteiger charge is -2.29. The molecule has 0 saturated heterocycles. The predicted molar refractivity (Wildman–Crippen MR) is 64.7 cm³/mol. The first-order valence-corrected chi connectivity index (χ1v) is 5.14. The smallest absolute Gasteiger partial charge is 0.246 e. The molecule has 0 aliphatic rings. The third-order valence-corrected chi connectivity index (χ3v) is 2.68. The Morgan fingerprint density at radius 3 is 2.56 bits per heavy atom. The maximum atomic E-state index is 12.1. The van der Waals surface area contributed by atoms with Crippen LogP contribution in [0.5, 0.6) is 5.75 Å². The fourth-order valence-corrected chi connectivity index (χ4v) is 1.35. The molecular weight excluding hydrogens is 204 g/mol. The fourth-order valence-electron chi connectivity index (χ4n) is 1.35. The van der Waals surface area contributed by atoms with Crippen molar-refractivity contribution in [1.82, 2.24) is 5.32 Å². The quantitative estimate of drug-likeness (QED) is 0.811. The lowest BCUT2D eigenvalue weighted by atomic mass is 10.0. The Labute approximate surface area is 95.9 Å². The minimum atomic E-state index is -0.625. The summed E-state index contributed by atoms with van der Waals surface area (Å²) in [6.45, 7) is 3.63. The highest BCUT2D eigenvalue weighted by atomic mass is 16.3. The summed E-state index contributed by atoms with van der Waals surface area (Å²) in [5, 5.41) is 12.3. The van der Waals surface area contributed by atoms with E-state index in [-0.39, 0.29) is 11.7 Å². The maximum absolute atomic E-state index is 12.1. The summed E-state index contributed by atoms with van der Waals surface area (Å²) < 4.78 is 0. The first-order chi connectivity index (χ1) is 7.38. The van der Waals surface area contributed by atoms with E-state index in [1.807, 2.05) is 13.8 Å². The normalized spacial score (nSPS) is 11.2. The Hall–Kier alpha value is -1.55. The van der Waals surface area contributed by atoms with Gasteiger partial charge in [-0.2, -0.15) is 0 Å². The highest BCUT2D eigenvalue weighted by molar-refractivity contribution is 5.99. The largest absolute Gasteiger partial charge is 0.508 e. The van der Waals surface area contributed by atoms with Gasteiger partial charge in [0.15, 0.2) is 0 Å². The van der Waals surface area contributed by atoms with E-state index in [0.29, 0.717) is 5.69 Å². The molecule has 0 unspecified atom stereocenters. The van der Waals surface area contributed by atoms with Gasteiger partial charge in [-0.25, -0.2) is 0 Å². The summed E-state index contributed by atoms with van der Waals surface area (Å²) in [7, 11) is 3.43. The summed E-state index contributed by atoms with van der Waals surface area (Å²) in [6.07, 6.45) is 0. The van der Waals surface area contributed by atoms with Crippen molar-refractivity contribution in [2.75, 3.05) is 19.0 Å². The van der Waals surface area contributed by atoms with Crippen LogP contribution in [0.2, 0.25) is 0 Å². The van der Waals surface area contributed by atoms with Gasteiger partial charge < -0.3 is 15.3 Å². The van der Waals surface area contributed by atoms with Crippen molar-refractivity contribution in [3.63, 3.8) is 0 Å². The lowest BCUT2D eigenvalue weighted by Crippen LogP contribution is -2.51. The molecule has 1 aromatic carbocycles. The van der Waals surface area contributed by atoms with Crippen LogP contribution in [0.3, 0.4) is 0 Å². The van der Waals surface area contributed by atoms with Crippen LogP contribution in [0.4, 0.5) is 5.69 Å². The molecule has 0 atom stereocenters. The number of carbonyl (C=O) groups is 1. The van der Waals surface area contributed by atoms with Gasteiger partial charge in [0.05, 0.1) is 5.54 Å². The number of phenolic OH excluding ortho intramolecular Hbond substituents is 1. The molecule has 0 aromatic heterocycles. The van der Waals surface area contributed by atoms with Gasteiger partial charge in [0.2, 0.25) is 5.91 Å². The number of likely N-dealkylation sites (N-methyl/N-ethyl adjacent to an activating group) is 2. The molecule has 1 rings (SSSR count). The molecule has 0 heterocycles. The summed E-state index contributed by atoms with van der Waals surface area (Å²) in [5.41, 5.74) is 0.0496. The number of hydrogen-bond donors (Lipinski definition) is 2. The molecule has 1 amide bonds. The van der Waals surface area contributed by atoms with Gasteiger partial charge in [-0.1, -0.05) is 6.07 Å². The first-order valence-electron chi connectivity index (χ1n) is 5.14. The van der Waals surface area contributed by atoms with Crippen LogP contribution in [-0.2, 0) is 4.79 Å². The molecule has 0 radical (unpaired) electrons. The Balaban J connectivity index is 2.95. The predicted octanol–water partition coefficient (Wildman–Crippen LogP) is 1.35. The molecule has 0 fully saturated rings. The van der Waals surface area contributed by atoms with Gasteiger partial charge in [0.1, 0.15) is 5.75 Å². The van der Waals surface area contributed by atoms with Crippen molar-refractivity contribution in [2.24, 2.45) is 0 Å². The molecule has 4 heteroatoms. The second-order valence-electron chi connectivity index (χ2n) is 4.26. The van der Waals surface area contributed by atoms with E-state index in [2.05, 4.69) is 5.32 Å². The number of carbonyl (C=O) groups excluding carboxylic acids is 1. The highest BCUT2D eigenvalue weighted by Crippen LogP contribution is 2.21. The second kappa shape index (κ2) is 4.53. The molecule has 88 valence electrons. The Kier molecular flexibility index (Phi) is 3.55. The molecule has 0 spiro atoms.